The molecular weight excluding hydrogens is 236 g/mol. The molecule has 1 aliphatic rings. The Hall–Kier alpha value is -1.40. The smallest absolute Gasteiger partial charge is 0.290 e. The van der Waals surface area contributed by atoms with Gasteiger partial charge in [-0.3, -0.25) is 14.5 Å². The van der Waals surface area contributed by atoms with Crippen LogP contribution in [0.1, 0.15) is 30.3 Å². The number of aliphatic hydroxyl groups is 1. The van der Waals surface area contributed by atoms with Crippen molar-refractivity contribution in [3.05, 3.63) is 22.2 Å². The van der Waals surface area contributed by atoms with Gasteiger partial charge in [-0.2, -0.15) is 0 Å². The Bertz CT molecular complexity index is 496. The zero-order chi connectivity index (χ0) is 13.3. The third kappa shape index (κ3) is 2.54. The van der Waals surface area contributed by atoms with Crippen molar-refractivity contribution in [2.24, 2.45) is 0 Å². The number of hydrogen-bond donors (Lipinski definition) is 1. The number of rotatable bonds is 4. The van der Waals surface area contributed by atoms with E-state index in [2.05, 4.69) is 0 Å². The highest BCUT2D eigenvalue weighted by atomic mass is 16.5. The van der Waals surface area contributed by atoms with E-state index in [-0.39, 0.29) is 6.54 Å². The van der Waals surface area contributed by atoms with E-state index in [0.29, 0.717) is 18.8 Å². The van der Waals surface area contributed by atoms with Crippen LogP contribution in [0.5, 0.6) is 0 Å². The molecule has 1 aliphatic heterocycles. The third-order valence-electron chi connectivity index (χ3n) is 3.10. The molecule has 1 saturated heterocycles. The number of aryl methyl sites for hydroxylation is 1. The Kier molecular flexibility index (Phi) is 3.41. The number of β-amino-alcohol motifs (C(OH)–C–C–N with tert-alkyl or cyclic N) is 1. The molecule has 0 unspecified atom stereocenters. The van der Waals surface area contributed by atoms with Gasteiger partial charge in [-0.15, -0.1) is 4.74 Å². The summed E-state index contributed by atoms with van der Waals surface area (Å²) in [5, 5.41) is 9.98. The van der Waals surface area contributed by atoms with Crippen molar-refractivity contribution in [3.8, 4) is 0 Å². The van der Waals surface area contributed by atoms with Gasteiger partial charge in [0.2, 0.25) is 0 Å². The van der Waals surface area contributed by atoms with E-state index in [1.807, 2.05) is 11.8 Å². The van der Waals surface area contributed by atoms with Crippen molar-refractivity contribution in [1.82, 2.24) is 9.64 Å². The normalized spacial score (nSPS) is 18.6. The first-order valence-electron chi connectivity index (χ1n) is 6.11. The van der Waals surface area contributed by atoms with E-state index in [1.165, 1.54) is 6.07 Å². The highest BCUT2D eigenvalue weighted by Gasteiger charge is 2.41. The number of nitrogens with zero attached hydrogens (tertiary/aromatic N) is 2. The first kappa shape index (κ1) is 13.0. The van der Waals surface area contributed by atoms with Gasteiger partial charge in [-0.1, -0.05) is 13.3 Å². The molecule has 18 heavy (non-hydrogen) atoms. The maximum Gasteiger partial charge on any atom is 0.290 e. The molecule has 0 bridgehead atoms. The van der Waals surface area contributed by atoms with Gasteiger partial charge in [0, 0.05) is 19.2 Å². The lowest BCUT2D eigenvalue weighted by Gasteiger charge is -2.46. The second-order valence-corrected chi connectivity index (χ2v) is 4.99. The molecule has 6 heteroatoms. The van der Waals surface area contributed by atoms with Crippen molar-refractivity contribution in [1.29, 1.82) is 0 Å². The summed E-state index contributed by atoms with van der Waals surface area (Å²) < 4.78 is 5.78. The molecule has 0 aromatic carbocycles. The third-order valence-corrected chi connectivity index (χ3v) is 3.10. The number of hydrogen-bond acceptors (Lipinski definition) is 5. The first-order valence-corrected chi connectivity index (χ1v) is 6.11. The molecule has 0 radical (unpaired) electrons. The van der Waals surface area contributed by atoms with Gasteiger partial charge < -0.3 is 9.63 Å². The lowest BCUT2D eigenvalue weighted by Crippen LogP contribution is -2.62. The van der Waals surface area contributed by atoms with Crippen LogP contribution < -0.4 is 5.56 Å². The second kappa shape index (κ2) is 4.70. The average Bonchev–Trinajstić information content (AvgIpc) is 2.56. The van der Waals surface area contributed by atoms with Crippen LogP contribution in [-0.4, -0.2) is 45.9 Å². The summed E-state index contributed by atoms with van der Waals surface area (Å²) in [4.78, 5) is 25.0. The van der Waals surface area contributed by atoms with Gasteiger partial charge >= 0.3 is 0 Å². The van der Waals surface area contributed by atoms with Gasteiger partial charge in [-0.05, 0) is 13.3 Å². The van der Waals surface area contributed by atoms with Crippen LogP contribution in [0, 0.1) is 6.92 Å². The lowest BCUT2D eigenvalue weighted by atomic mass is 9.89. The van der Waals surface area contributed by atoms with Crippen molar-refractivity contribution in [2.45, 2.75) is 32.3 Å². The molecule has 1 aromatic rings. The number of likely N-dealkylation sites (tertiary alicyclic amines) is 1. The fourth-order valence-electron chi connectivity index (χ4n) is 2.40. The summed E-state index contributed by atoms with van der Waals surface area (Å²) in [7, 11) is 0. The van der Waals surface area contributed by atoms with Crippen LogP contribution >= 0.6 is 0 Å². The second-order valence-electron chi connectivity index (χ2n) is 4.99. The Labute approximate surface area is 105 Å². The van der Waals surface area contributed by atoms with Crippen molar-refractivity contribution in [2.75, 3.05) is 19.6 Å². The quantitative estimate of drug-likeness (QED) is 0.832. The Morgan fingerprint density at radius 1 is 1.56 bits per heavy atom. The maximum atomic E-state index is 11.8. The molecule has 1 aromatic heterocycles. The molecule has 1 fully saturated rings. The van der Waals surface area contributed by atoms with Gasteiger partial charge in [0.05, 0.1) is 12.1 Å². The minimum atomic E-state index is -0.668. The van der Waals surface area contributed by atoms with Crippen LogP contribution in [0.3, 0.4) is 0 Å². The zero-order valence-electron chi connectivity index (χ0n) is 10.7. The predicted octanol–water partition coefficient (Wildman–Crippen LogP) is 0.237. The van der Waals surface area contributed by atoms with Gasteiger partial charge in [-0.25, -0.2) is 0 Å². The molecule has 2 rings (SSSR count). The molecule has 1 N–H and O–H groups in total. The molecule has 0 amide bonds. The molecule has 0 saturated carbocycles. The van der Waals surface area contributed by atoms with Crippen molar-refractivity contribution >= 4 is 5.91 Å². The Balaban J connectivity index is 1.91. The standard InChI is InChI=1S/C12H18N2O4/c1-3-4-12(17)7-13(8-12)6-11(16)14-10(15)5-9(2)18-14/h5,17H,3-4,6-8H2,1-2H3. The number of carbonyl (C=O) groups excluding carboxylic acids is 1. The predicted molar refractivity (Wildman–Crippen MR) is 64.6 cm³/mol. The minimum Gasteiger partial charge on any atom is -0.387 e. The molecule has 6 nitrogen and oxygen atoms in total. The topological polar surface area (TPSA) is 75.7 Å². The highest BCUT2D eigenvalue weighted by molar-refractivity contribution is 5.79. The zero-order valence-corrected chi connectivity index (χ0v) is 10.7. The maximum absolute atomic E-state index is 11.8. The molecule has 0 spiro atoms. The molecule has 100 valence electrons. The summed E-state index contributed by atoms with van der Waals surface area (Å²) >= 11 is 0. The van der Waals surface area contributed by atoms with Gasteiger partial charge in [0.1, 0.15) is 5.76 Å². The van der Waals surface area contributed by atoms with Crippen LogP contribution in [0.15, 0.2) is 15.4 Å². The van der Waals surface area contributed by atoms with E-state index in [4.69, 9.17) is 4.52 Å². The largest absolute Gasteiger partial charge is 0.387 e. The van der Waals surface area contributed by atoms with Crippen LogP contribution in [-0.2, 0) is 0 Å². The Morgan fingerprint density at radius 3 is 2.72 bits per heavy atom. The molecular formula is C12H18N2O4. The summed E-state index contributed by atoms with van der Waals surface area (Å²) in [5.74, 6) is 0.0195. The van der Waals surface area contributed by atoms with E-state index < -0.39 is 17.1 Å². The Morgan fingerprint density at radius 2 is 2.22 bits per heavy atom. The molecule has 2 heterocycles. The van der Waals surface area contributed by atoms with Crippen molar-refractivity contribution < 1.29 is 14.4 Å². The molecule has 0 atom stereocenters. The van der Waals surface area contributed by atoms with Crippen LogP contribution in [0.4, 0.5) is 0 Å². The van der Waals surface area contributed by atoms with E-state index >= 15 is 0 Å². The number of carbonyl (C=O) groups is 1. The fraction of sp³-hybridized carbons (Fsp3) is 0.667. The highest BCUT2D eigenvalue weighted by Crippen LogP contribution is 2.25. The van der Waals surface area contributed by atoms with Crippen molar-refractivity contribution in [3.63, 3.8) is 0 Å². The first-order chi connectivity index (χ1) is 8.43. The van der Waals surface area contributed by atoms with Crippen LogP contribution in [0.2, 0.25) is 0 Å². The molecule has 0 aliphatic carbocycles. The van der Waals surface area contributed by atoms with Gasteiger partial charge in [0.15, 0.2) is 0 Å². The van der Waals surface area contributed by atoms with E-state index in [0.717, 1.165) is 17.6 Å². The van der Waals surface area contributed by atoms with E-state index in [9.17, 15) is 14.7 Å². The monoisotopic (exact) mass is 254 g/mol. The lowest BCUT2D eigenvalue weighted by molar-refractivity contribution is -0.0993. The average molecular weight is 254 g/mol. The van der Waals surface area contributed by atoms with Crippen LogP contribution in [0.25, 0.3) is 0 Å². The number of aromatic nitrogens is 1. The summed E-state index contributed by atoms with van der Waals surface area (Å²) in [6.07, 6.45) is 1.65. The SMILES string of the molecule is CCCC1(O)CN(CC(=O)n2oc(C)cc2=O)C1. The fourth-order valence-corrected chi connectivity index (χ4v) is 2.40. The minimum absolute atomic E-state index is 0.0961. The summed E-state index contributed by atoms with van der Waals surface area (Å²) in [6, 6.07) is 1.28. The summed E-state index contributed by atoms with van der Waals surface area (Å²) in [6.45, 7) is 4.67. The van der Waals surface area contributed by atoms with Gasteiger partial charge in [0.25, 0.3) is 11.5 Å². The summed E-state index contributed by atoms with van der Waals surface area (Å²) in [5.41, 5.74) is -1.11. The van der Waals surface area contributed by atoms with E-state index in [1.54, 1.807) is 6.92 Å².